The summed E-state index contributed by atoms with van der Waals surface area (Å²) in [4.78, 5) is 11.9. The summed E-state index contributed by atoms with van der Waals surface area (Å²) in [6.07, 6.45) is 25.5. The first-order valence-electron chi connectivity index (χ1n) is 16.6. The molecule has 1 unspecified atom stereocenters. The molecule has 6 heterocycles. The van der Waals surface area contributed by atoms with E-state index in [-0.39, 0.29) is 17.1 Å². The van der Waals surface area contributed by atoms with Crippen molar-refractivity contribution in [2.24, 2.45) is 11.3 Å². The number of aromatic nitrogens is 2. The van der Waals surface area contributed by atoms with Gasteiger partial charge < -0.3 is 19.9 Å². The molecule has 2 spiro atoms. The van der Waals surface area contributed by atoms with Gasteiger partial charge in [0.15, 0.2) is 0 Å². The Kier molecular flexibility index (Phi) is 6.81. The number of aromatic amines is 1. The highest BCUT2D eigenvalue weighted by molar-refractivity contribution is 6.07. The van der Waals surface area contributed by atoms with Crippen LogP contribution in [-0.2, 0) is 4.74 Å². The SMILES string of the molecule is C1=C\CC[C@]23CN4CCCC/C=C\CC[C@@]5(O[C@H]5[C@@H](c5nccc6c5[nH]c5ccccc56)[C@@H]2CC4)[C@@H]3NCCCC/1. The van der Waals surface area contributed by atoms with E-state index < -0.39 is 0 Å². The first-order valence-corrected chi connectivity index (χ1v) is 16.6. The molecule has 2 N–H and O–H groups in total. The summed E-state index contributed by atoms with van der Waals surface area (Å²) in [6, 6.07) is 11.4. The van der Waals surface area contributed by atoms with Crippen molar-refractivity contribution >= 4 is 21.8 Å². The lowest BCUT2D eigenvalue weighted by molar-refractivity contribution is -0.0577. The monoisotopic (exact) mass is 550 g/mol. The Morgan fingerprint density at radius 1 is 0.854 bits per heavy atom. The molecular weight excluding hydrogens is 504 g/mol. The van der Waals surface area contributed by atoms with Crippen molar-refractivity contribution in [1.82, 2.24) is 20.2 Å². The van der Waals surface area contributed by atoms with Crippen LogP contribution in [0.3, 0.4) is 0 Å². The van der Waals surface area contributed by atoms with Gasteiger partial charge in [-0.2, -0.15) is 0 Å². The zero-order valence-corrected chi connectivity index (χ0v) is 24.5. The Bertz CT molecular complexity index is 1460. The van der Waals surface area contributed by atoms with Gasteiger partial charge in [-0.05, 0) is 108 Å². The molecule has 2 saturated heterocycles. The van der Waals surface area contributed by atoms with Crippen LogP contribution in [0.25, 0.3) is 21.8 Å². The second kappa shape index (κ2) is 10.7. The zero-order chi connectivity index (χ0) is 27.3. The summed E-state index contributed by atoms with van der Waals surface area (Å²) in [7, 11) is 0. The molecule has 0 amide bonds. The zero-order valence-electron chi connectivity index (χ0n) is 24.5. The fraction of sp³-hybridized carbons (Fsp3) is 0.583. The van der Waals surface area contributed by atoms with Gasteiger partial charge in [0.2, 0.25) is 0 Å². The minimum atomic E-state index is -0.115. The maximum Gasteiger partial charge on any atom is 0.112 e. The molecule has 3 aromatic rings. The molecule has 5 nitrogen and oxygen atoms in total. The van der Waals surface area contributed by atoms with E-state index in [1.54, 1.807) is 0 Å². The topological polar surface area (TPSA) is 56.5 Å². The number of rotatable bonds is 1. The van der Waals surface area contributed by atoms with E-state index in [9.17, 15) is 0 Å². The fourth-order valence-electron chi connectivity index (χ4n) is 9.64. The lowest BCUT2D eigenvalue weighted by Crippen LogP contribution is -2.68. The van der Waals surface area contributed by atoms with E-state index >= 15 is 0 Å². The average Bonchev–Trinajstić information content (AvgIpc) is 3.59. The Labute approximate surface area is 244 Å². The average molecular weight is 551 g/mol. The highest BCUT2D eigenvalue weighted by Gasteiger charge is 2.75. The summed E-state index contributed by atoms with van der Waals surface area (Å²) in [5.74, 6) is 0.867. The number of fused-ring (bicyclic) bond motifs is 4. The van der Waals surface area contributed by atoms with Gasteiger partial charge in [-0.3, -0.25) is 4.98 Å². The van der Waals surface area contributed by atoms with Gasteiger partial charge in [0.05, 0.1) is 17.3 Å². The molecule has 1 aromatic carbocycles. The quantitative estimate of drug-likeness (QED) is 0.247. The van der Waals surface area contributed by atoms with Gasteiger partial charge in [-0.15, -0.1) is 0 Å². The van der Waals surface area contributed by atoms with Crippen LogP contribution in [0, 0.1) is 11.3 Å². The van der Waals surface area contributed by atoms with E-state index in [0.717, 1.165) is 19.4 Å². The second-order valence-corrected chi connectivity index (χ2v) is 13.6. The van der Waals surface area contributed by atoms with Crippen molar-refractivity contribution in [2.45, 2.75) is 94.3 Å². The molecule has 5 aliphatic rings. The fourth-order valence-corrected chi connectivity index (χ4v) is 9.64. The van der Waals surface area contributed by atoms with E-state index in [1.807, 2.05) is 0 Å². The van der Waals surface area contributed by atoms with Crippen molar-refractivity contribution in [2.75, 3.05) is 26.2 Å². The van der Waals surface area contributed by atoms with Gasteiger partial charge in [-0.25, -0.2) is 0 Å². The molecule has 1 saturated carbocycles. The maximum absolute atomic E-state index is 7.19. The van der Waals surface area contributed by atoms with E-state index in [2.05, 4.69) is 76.0 Å². The van der Waals surface area contributed by atoms with Crippen LogP contribution in [0.15, 0.2) is 60.8 Å². The van der Waals surface area contributed by atoms with Gasteiger partial charge in [0, 0.05) is 46.4 Å². The van der Waals surface area contributed by atoms with Gasteiger partial charge >= 0.3 is 0 Å². The van der Waals surface area contributed by atoms with Gasteiger partial charge in [0.1, 0.15) is 5.60 Å². The standard InChI is InChI=1S/C36H46N4O/c1-3-7-13-21-38-34-35(19-11-5-1)25-40-23-14-8-4-2-6-12-20-36(34)33(41-36)30(28(35)18-24-40)32-31-27(17-22-37-32)26-15-9-10-16-29(26)39-31/h1-2,5-6,9-10,15-17,22,28,30,33-34,38-39H,3-4,7-8,11-14,18-21,23-25H2/b5-1-,6-2-/t28-,30+,33-,34+,35-,36-/m0/s1. The number of H-pyrrole nitrogens is 1. The highest BCUT2D eigenvalue weighted by atomic mass is 16.6. The number of allylic oxidation sites excluding steroid dienone is 4. The van der Waals surface area contributed by atoms with Crippen molar-refractivity contribution in [3.8, 4) is 0 Å². The molecule has 4 aliphatic heterocycles. The van der Waals surface area contributed by atoms with Crippen molar-refractivity contribution in [1.29, 1.82) is 0 Å². The molecule has 3 bridgehead atoms. The number of hydrogen-bond donors (Lipinski definition) is 2. The minimum Gasteiger partial charge on any atom is -0.364 e. The molecule has 216 valence electrons. The smallest absolute Gasteiger partial charge is 0.112 e. The molecule has 1 aliphatic carbocycles. The number of para-hydroxylation sites is 1. The maximum atomic E-state index is 7.19. The Balaban J connectivity index is 1.30. The van der Waals surface area contributed by atoms with Crippen LogP contribution in [0.5, 0.6) is 0 Å². The lowest BCUT2D eigenvalue weighted by atomic mass is 9.50. The van der Waals surface area contributed by atoms with Gasteiger partial charge in [0.25, 0.3) is 0 Å². The summed E-state index contributed by atoms with van der Waals surface area (Å²) in [5, 5.41) is 6.86. The van der Waals surface area contributed by atoms with Crippen LogP contribution in [0.2, 0.25) is 0 Å². The molecule has 5 heteroatoms. The first kappa shape index (κ1) is 26.2. The normalized spacial score (nSPS) is 39.4. The number of nitrogens with one attached hydrogen (secondary N) is 2. The molecule has 0 radical (unpaired) electrons. The molecular formula is C36H46N4O. The third kappa shape index (κ3) is 4.34. The molecule has 2 aromatic heterocycles. The van der Waals surface area contributed by atoms with Crippen molar-refractivity contribution in [3.05, 3.63) is 66.5 Å². The predicted octanol–water partition coefficient (Wildman–Crippen LogP) is 7.26. The molecule has 7 atom stereocenters. The largest absolute Gasteiger partial charge is 0.364 e. The van der Waals surface area contributed by atoms with Crippen LogP contribution < -0.4 is 5.32 Å². The third-order valence-corrected chi connectivity index (χ3v) is 11.4. The number of benzene rings is 1. The van der Waals surface area contributed by atoms with Crippen LogP contribution in [0.1, 0.15) is 82.2 Å². The number of hydrogen-bond acceptors (Lipinski definition) is 4. The van der Waals surface area contributed by atoms with E-state index in [0.29, 0.717) is 17.9 Å². The number of piperidine rings is 1. The van der Waals surface area contributed by atoms with E-state index in [4.69, 9.17) is 9.72 Å². The molecule has 3 fully saturated rings. The highest BCUT2D eigenvalue weighted by Crippen LogP contribution is 2.67. The Morgan fingerprint density at radius 3 is 2.61 bits per heavy atom. The summed E-state index contributed by atoms with van der Waals surface area (Å²) in [6.45, 7) is 4.71. The number of ether oxygens (including phenoxy) is 1. The number of epoxide rings is 1. The third-order valence-electron chi connectivity index (χ3n) is 11.4. The number of nitrogens with zero attached hydrogens (tertiary/aromatic N) is 2. The van der Waals surface area contributed by atoms with E-state index in [1.165, 1.54) is 105 Å². The summed E-state index contributed by atoms with van der Waals surface area (Å²) in [5.41, 5.74) is 3.75. The van der Waals surface area contributed by atoms with Crippen molar-refractivity contribution in [3.63, 3.8) is 0 Å². The summed E-state index contributed by atoms with van der Waals surface area (Å²) >= 11 is 0. The number of pyridine rings is 1. The van der Waals surface area contributed by atoms with Crippen molar-refractivity contribution < 1.29 is 4.74 Å². The Hall–Kier alpha value is -2.47. The van der Waals surface area contributed by atoms with Gasteiger partial charge in [-0.1, -0.05) is 42.5 Å². The Morgan fingerprint density at radius 2 is 1.68 bits per heavy atom. The van der Waals surface area contributed by atoms with Crippen LogP contribution in [0.4, 0.5) is 0 Å². The lowest BCUT2D eigenvalue weighted by Gasteiger charge is -2.59. The first-order chi connectivity index (χ1) is 20.3. The second-order valence-electron chi connectivity index (χ2n) is 13.6. The minimum absolute atomic E-state index is 0.115. The summed E-state index contributed by atoms with van der Waals surface area (Å²) < 4.78 is 7.19. The van der Waals surface area contributed by atoms with Crippen LogP contribution >= 0.6 is 0 Å². The predicted molar refractivity (Wildman–Crippen MR) is 167 cm³/mol. The molecule has 41 heavy (non-hydrogen) atoms. The molecule has 8 rings (SSSR count). The van der Waals surface area contributed by atoms with Crippen LogP contribution in [-0.4, -0.2) is 58.8 Å².